The van der Waals surface area contributed by atoms with Crippen LogP contribution in [0.25, 0.3) is 0 Å². The topological polar surface area (TPSA) is 86.6 Å². The first-order chi connectivity index (χ1) is 18.1. The number of hydrogen-bond donors (Lipinski definition) is 1. The maximum absolute atomic E-state index is 12.7. The molecule has 0 aliphatic heterocycles. The SMILES string of the molecule is CCC(C)(C)C(=O)N(C)CCOc1ccc(C(=O)Nc2ccc(/N=N/c3ccc(N(C)C)cc3)cc2)cc1. The summed E-state index contributed by atoms with van der Waals surface area (Å²) in [6.07, 6.45) is 0.780. The Labute approximate surface area is 225 Å². The molecule has 1 N–H and O–H groups in total. The van der Waals surface area contributed by atoms with Crippen LogP contribution < -0.4 is 15.0 Å². The van der Waals surface area contributed by atoms with E-state index in [2.05, 4.69) is 15.5 Å². The molecule has 0 fully saturated rings. The van der Waals surface area contributed by atoms with E-state index in [0.717, 1.165) is 17.8 Å². The van der Waals surface area contributed by atoms with E-state index in [1.165, 1.54) is 0 Å². The number of likely N-dealkylation sites (N-methyl/N-ethyl adjacent to an activating group) is 1. The standard InChI is InChI=1S/C30H37N5O3/c1-7-30(2,3)29(37)35(6)20-21-38-27-18-8-22(9-19-27)28(36)31-23-10-12-24(13-11-23)32-33-25-14-16-26(17-15-25)34(4)5/h8-19H,7,20-21H2,1-6H3,(H,31,36)/b33-32+. The van der Waals surface area contributed by atoms with Crippen molar-refractivity contribution in [2.45, 2.75) is 27.2 Å². The number of carbonyl (C=O) groups is 2. The third-order valence-corrected chi connectivity index (χ3v) is 6.39. The van der Waals surface area contributed by atoms with Crippen LogP contribution in [0.3, 0.4) is 0 Å². The molecule has 8 heteroatoms. The minimum atomic E-state index is -0.382. The van der Waals surface area contributed by atoms with E-state index in [0.29, 0.717) is 35.8 Å². The normalized spacial score (nSPS) is 11.3. The molecule has 200 valence electrons. The van der Waals surface area contributed by atoms with Gasteiger partial charge in [-0.1, -0.05) is 20.8 Å². The van der Waals surface area contributed by atoms with Gasteiger partial charge in [-0.3, -0.25) is 9.59 Å². The maximum Gasteiger partial charge on any atom is 0.255 e. The second-order valence-electron chi connectivity index (χ2n) is 9.95. The number of ether oxygens (including phenoxy) is 1. The number of benzene rings is 3. The zero-order valence-electron chi connectivity index (χ0n) is 23.1. The number of nitrogens with one attached hydrogen (secondary N) is 1. The summed E-state index contributed by atoms with van der Waals surface area (Å²) < 4.78 is 5.76. The Kier molecular flexibility index (Phi) is 9.60. The van der Waals surface area contributed by atoms with Crippen LogP contribution in [0.1, 0.15) is 37.6 Å². The van der Waals surface area contributed by atoms with Crippen LogP contribution >= 0.6 is 0 Å². The molecule has 2 amide bonds. The Morgan fingerprint density at radius 2 is 1.39 bits per heavy atom. The first-order valence-electron chi connectivity index (χ1n) is 12.7. The summed E-state index contributed by atoms with van der Waals surface area (Å²) >= 11 is 0. The molecule has 0 aliphatic rings. The summed E-state index contributed by atoms with van der Waals surface area (Å²) in [5, 5.41) is 11.4. The van der Waals surface area contributed by atoms with E-state index in [9.17, 15) is 9.59 Å². The fraction of sp³-hybridized carbons (Fsp3) is 0.333. The smallest absolute Gasteiger partial charge is 0.255 e. The molecule has 3 aromatic carbocycles. The third kappa shape index (κ3) is 7.90. The molecule has 3 rings (SSSR count). The van der Waals surface area contributed by atoms with Crippen molar-refractivity contribution in [2.75, 3.05) is 44.5 Å². The summed E-state index contributed by atoms with van der Waals surface area (Å²) in [4.78, 5) is 28.8. The van der Waals surface area contributed by atoms with Crippen LogP contribution in [-0.4, -0.2) is 51.0 Å². The number of amides is 2. The third-order valence-electron chi connectivity index (χ3n) is 6.39. The quantitative estimate of drug-likeness (QED) is 0.288. The molecule has 0 atom stereocenters. The number of nitrogens with zero attached hydrogens (tertiary/aromatic N) is 4. The molecule has 0 heterocycles. The first-order valence-corrected chi connectivity index (χ1v) is 12.7. The summed E-state index contributed by atoms with van der Waals surface area (Å²) in [5.74, 6) is 0.517. The van der Waals surface area contributed by atoms with E-state index in [4.69, 9.17) is 4.74 Å². The monoisotopic (exact) mass is 515 g/mol. The largest absolute Gasteiger partial charge is 0.492 e. The minimum Gasteiger partial charge on any atom is -0.492 e. The summed E-state index contributed by atoms with van der Waals surface area (Å²) in [5.41, 5.74) is 3.34. The molecular formula is C30H37N5O3. The molecule has 0 unspecified atom stereocenters. The van der Waals surface area contributed by atoms with Crippen molar-refractivity contribution in [2.24, 2.45) is 15.6 Å². The Balaban J connectivity index is 1.48. The van der Waals surface area contributed by atoms with Crippen molar-refractivity contribution in [3.8, 4) is 5.75 Å². The van der Waals surface area contributed by atoms with Gasteiger partial charge in [0.15, 0.2) is 0 Å². The highest BCUT2D eigenvalue weighted by Gasteiger charge is 2.28. The number of anilines is 2. The van der Waals surface area contributed by atoms with E-state index in [1.807, 2.05) is 64.0 Å². The van der Waals surface area contributed by atoms with Crippen molar-refractivity contribution in [1.29, 1.82) is 0 Å². The predicted octanol–water partition coefficient (Wildman–Crippen LogP) is 6.69. The Morgan fingerprint density at radius 3 is 1.92 bits per heavy atom. The van der Waals surface area contributed by atoms with Gasteiger partial charge in [0.05, 0.1) is 17.9 Å². The van der Waals surface area contributed by atoms with E-state index in [-0.39, 0.29) is 17.2 Å². The maximum atomic E-state index is 12.7. The second kappa shape index (κ2) is 12.9. The van der Waals surface area contributed by atoms with Crippen molar-refractivity contribution >= 4 is 34.6 Å². The highest BCUT2D eigenvalue weighted by Crippen LogP contribution is 2.24. The number of azo groups is 1. The van der Waals surface area contributed by atoms with Gasteiger partial charge in [0.1, 0.15) is 12.4 Å². The van der Waals surface area contributed by atoms with E-state index < -0.39 is 0 Å². The van der Waals surface area contributed by atoms with E-state index in [1.54, 1.807) is 60.5 Å². The van der Waals surface area contributed by atoms with Crippen LogP contribution in [0.15, 0.2) is 83.0 Å². The molecule has 0 bridgehead atoms. The fourth-order valence-electron chi connectivity index (χ4n) is 3.52. The minimum absolute atomic E-state index is 0.0987. The van der Waals surface area contributed by atoms with Crippen molar-refractivity contribution < 1.29 is 14.3 Å². The zero-order chi connectivity index (χ0) is 27.7. The molecule has 3 aromatic rings. The van der Waals surface area contributed by atoms with Gasteiger partial charge in [-0.25, -0.2) is 0 Å². The van der Waals surface area contributed by atoms with Crippen LogP contribution in [-0.2, 0) is 4.79 Å². The van der Waals surface area contributed by atoms with E-state index >= 15 is 0 Å². The highest BCUT2D eigenvalue weighted by atomic mass is 16.5. The number of carbonyl (C=O) groups excluding carboxylic acids is 2. The molecule has 0 saturated heterocycles. The van der Waals surface area contributed by atoms with Gasteiger partial charge >= 0.3 is 0 Å². The zero-order valence-corrected chi connectivity index (χ0v) is 23.1. The predicted molar refractivity (Wildman–Crippen MR) is 153 cm³/mol. The molecule has 8 nitrogen and oxygen atoms in total. The molecule has 0 saturated carbocycles. The van der Waals surface area contributed by atoms with Gasteiger partial charge in [0.2, 0.25) is 5.91 Å². The van der Waals surface area contributed by atoms with Crippen LogP contribution in [0.5, 0.6) is 5.75 Å². The molecule has 0 spiro atoms. The van der Waals surface area contributed by atoms with Crippen molar-refractivity contribution in [3.63, 3.8) is 0 Å². The van der Waals surface area contributed by atoms with Gasteiger partial charge in [0.25, 0.3) is 5.91 Å². The first kappa shape index (κ1) is 28.4. The molecular weight excluding hydrogens is 478 g/mol. The lowest BCUT2D eigenvalue weighted by atomic mass is 9.89. The van der Waals surface area contributed by atoms with Gasteiger partial charge in [-0.15, -0.1) is 0 Å². The molecule has 0 radical (unpaired) electrons. The lowest BCUT2D eigenvalue weighted by Gasteiger charge is -2.28. The lowest BCUT2D eigenvalue weighted by Crippen LogP contribution is -2.40. The summed E-state index contributed by atoms with van der Waals surface area (Å²) in [6, 6.07) is 21.9. The molecule has 0 aromatic heterocycles. The van der Waals surface area contributed by atoms with Crippen LogP contribution in [0.4, 0.5) is 22.7 Å². The van der Waals surface area contributed by atoms with Crippen molar-refractivity contribution in [1.82, 2.24) is 4.90 Å². The molecule has 38 heavy (non-hydrogen) atoms. The number of hydrogen-bond acceptors (Lipinski definition) is 6. The average Bonchev–Trinajstić information content (AvgIpc) is 2.92. The van der Waals surface area contributed by atoms with Gasteiger partial charge in [-0.2, -0.15) is 10.2 Å². The molecule has 0 aliphatic carbocycles. The second-order valence-corrected chi connectivity index (χ2v) is 9.95. The Bertz CT molecular complexity index is 1230. The highest BCUT2D eigenvalue weighted by molar-refractivity contribution is 6.04. The van der Waals surface area contributed by atoms with Gasteiger partial charge in [0, 0.05) is 43.5 Å². The van der Waals surface area contributed by atoms with Crippen LogP contribution in [0.2, 0.25) is 0 Å². The van der Waals surface area contributed by atoms with Crippen molar-refractivity contribution in [3.05, 3.63) is 78.4 Å². The average molecular weight is 516 g/mol. The van der Waals surface area contributed by atoms with Gasteiger partial charge < -0.3 is 19.9 Å². The lowest BCUT2D eigenvalue weighted by molar-refractivity contribution is -0.139. The Morgan fingerprint density at radius 1 is 0.842 bits per heavy atom. The van der Waals surface area contributed by atoms with Crippen LogP contribution in [0, 0.1) is 5.41 Å². The number of rotatable bonds is 11. The Hall–Kier alpha value is -4.20. The fourth-order valence-corrected chi connectivity index (χ4v) is 3.52. The van der Waals surface area contributed by atoms with Gasteiger partial charge in [-0.05, 0) is 79.2 Å². The summed E-state index contributed by atoms with van der Waals surface area (Å²) in [6.45, 7) is 6.77. The summed E-state index contributed by atoms with van der Waals surface area (Å²) in [7, 11) is 5.76.